The van der Waals surface area contributed by atoms with E-state index >= 15 is 0 Å². The van der Waals surface area contributed by atoms with Crippen LogP contribution in [-0.4, -0.2) is 35.4 Å². The first-order valence-corrected chi connectivity index (χ1v) is 8.72. The van der Waals surface area contributed by atoms with Gasteiger partial charge in [0.2, 0.25) is 0 Å². The van der Waals surface area contributed by atoms with Crippen molar-refractivity contribution in [1.29, 1.82) is 0 Å². The van der Waals surface area contributed by atoms with Gasteiger partial charge in [-0.25, -0.2) is 0 Å². The van der Waals surface area contributed by atoms with E-state index in [-0.39, 0.29) is 5.78 Å². The molecule has 24 heavy (non-hydrogen) atoms. The van der Waals surface area contributed by atoms with Gasteiger partial charge in [-0.15, -0.1) is 0 Å². The lowest BCUT2D eigenvalue weighted by molar-refractivity contribution is -0.134. The number of aliphatic hydroxyl groups is 1. The molecule has 0 amide bonds. The summed E-state index contributed by atoms with van der Waals surface area (Å²) in [6.07, 6.45) is 1.11. The van der Waals surface area contributed by atoms with Crippen LogP contribution in [0.4, 0.5) is 0 Å². The van der Waals surface area contributed by atoms with Crippen LogP contribution in [0.2, 0.25) is 0 Å². The molecule has 0 spiro atoms. The highest BCUT2D eigenvalue weighted by molar-refractivity contribution is 5.91. The lowest BCUT2D eigenvalue weighted by Gasteiger charge is -2.28. The highest BCUT2D eigenvalue weighted by Gasteiger charge is 2.38. The first-order chi connectivity index (χ1) is 11.6. The van der Waals surface area contributed by atoms with Gasteiger partial charge >= 0.3 is 0 Å². The summed E-state index contributed by atoms with van der Waals surface area (Å²) in [7, 11) is 0. The summed E-state index contributed by atoms with van der Waals surface area (Å²) < 4.78 is 0. The van der Waals surface area contributed by atoms with Crippen LogP contribution >= 0.6 is 0 Å². The van der Waals surface area contributed by atoms with E-state index < -0.39 is 5.60 Å². The Morgan fingerprint density at radius 2 is 1.38 bits per heavy atom. The van der Waals surface area contributed by atoms with Gasteiger partial charge in [-0.3, -0.25) is 4.79 Å². The van der Waals surface area contributed by atoms with Crippen LogP contribution in [0.15, 0.2) is 60.7 Å². The molecule has 0 aliphatic heterocycles. The standard InChI is InChI=1S/C21H27NO2/c1-3-22(4-2)17-11-16-20(23)21(24,18-12-7-5-8-13-18)19-14-9-6-10-15-19/h5-10,12-15,24H,3-4,11,16-17H2,1-2H3. The second-order valence-corrected chi connectivity index (χ2v) is 6.00. The van der Waals surface area contributed by atoms with Crippen molar-refractivity contribution >= 4 is 5.78 Å². The predicted molar refractivity (Wildman–Crippen MR) is 97.9 cm³/mol. The molecule has 0 heterocycles. The number of Topliss-reactive ketones (excluding diaryl/α,β-unsaturated/α-hetero) is 1. The third kappa shape index (κ3) is 4.11. The molecule has 2 aromatic carbocycles. The van der Waals surface area contributed by atoms with E-state index in [1.807, 2.05) is 60.7 Å². The molecule has 3 heteroatoms. The molecule has 3 nitrogen and oxygen atoms in total. The van der Waals surface area contributed by atoms with Gasteiger partial charge in [0.1, 0.15) is 0 Å². The third-order valence-corrected chi connectivity index (χ3v) is 4.56. The second kappa shape index (κ2) is 8.76. The van der Waals surface area contributed by atoms with Gasteiger partial charge in [0.05, 0.1) is 0 Å². The van der Waals surface area contributed by atoms with E-state index in [1.54, 1.807) is 0 Å². The molecule has 0 aliphatic rings. The Morgan fingerprint density at radius 3 is 1.79 bits per heavy atom. The molecule has 0 saturated carbocycles. The molecule has 0 aliphatic carbocycles. The SMILES string of the molecule is CCN(CC)CCCC(=O)C(O)(c1ccccc1)c1ccccc1. The van der Waals surface area contributed by atoms with Crippen LogP contribution in [0.1, 0.15) is 37.8 Å². The minimum atomic E-state index is -1.58. The Balaban J connectivity index is 2.22. The number of benzene rings is 2. The minimum Gasteiger partial charge on any atom is -0.373 e. The van der Waals surface area contributed by atoms with E-state index in [9.17, 15) is 9.90 Å². The maximum Gasteiger partial charge on any atom is 0.173 e. The Bertz CT molecular complexity index is 581. The molecule has 0 radical (unpaired) electrons. The van der Waals surface area contributed by atoms with E-state index in [0.29, 0.717) is 17.5 Å². The Kier molecular flexibility index (Phi) is 6.71. The van der Waals surface area contributed by atoms with Crippen molar-refractivity contribution in [3.8, 4) is 0 Å². The maximum absolute atomic E-state index is 13.0. The van der Waals surface area contributed by atoms with E-state index in [0.717, 1.165) is 26.1 Å². The van der Waals surface area contributed by atoms with Crippen molar-refractivity contribution < 1.29 is 9.90 Å². The van der Waals surface area contributed by atoms with Crippen LogP contribution in [-0.2, 0) is 10.4 Å². The summed E-state index contributed by atoms with van der Waals surface area (Å²) in [5.41, 5.74) is -0.320. The molecule has 0 saturated heterocycles. The molecule has 2 aromatic rings. The van der Waals surface area contributed by atoms with Gasteiger partial charge in [0.15, 0.2) is 11.4 Å². The first-order valence-electron chi connectivity index (χ1n) is 8.72. The number of carbonyl (C=O) groups excluding carboxylic acids is 1. The zero-order valence-electron chi connectivity index (χ0n) is 14.6. The molecule has 0 fully saturated rings. The van der Waals surface area contributed by atoms with Crippen LogP contribution in [0.3, 0.4) is 0 Å². The van der Waals surface area contributed by atoms with Crippen molar-refractivity contribution in [2.75, 3.05) is 19.6 Å². The lowest BCUT2D eigenvalue weighted by Crippen LogP contribution is -2.37. The largest absolute Gasteiger partial charge is 0.373 e. The van der Waals surface area contributed by atoms with Gasteiger partial charge in [0, 0.05) is 6.42 Å². The predicted octanol–water partition coefficient (Wildman–Crippen LogP) is 3.61. The minimum absolute atomic E-state index is 0.146. The Labute approximate surface area is 144 Å². The number of carbonyl (C=O) groups is 1. The quantitative estimate of drug-likeness (QED) is 0.765. The summed E-state index contributed by atoms with van der Waals surface area (Å²) in [6, 6.07) is 18.5. The van der Waals surface area contributed by atoms with Crippen molar-refractivity contribution in [1.82, 2.24) is 4.90 Å². The summed E-state index contributed by atoms with van der Waals surface area (Å²) in [5.74, 6) is -0.146. The molecule has 0 atom stereocenters. The fourth-order valence-electron chi connectivity index (χ4n) is 3.03. The number of hydrogen-bond donors (Lipinski definition) is 1. The zero-order chi connectivity index (χ0) is 17.4. The molecule has 0 unspecified atom stereocenters. The average molecular weight is 325 g/mol. The summed E-state index contributed by atoms with van der Waals surface area (Å²) in [5, 5.41) is 11.3. The molecule has 128 valence electrons. The van der Waals surface area contributed by atoms with Crippen molar-refractivity contribution in [3.63, 3.8) is 0 Å². The first kappa shape index (κ1) is 18.4. The topological polar surface area (TPSA) is 40.5 Å². The normalized spacial score (nSPS) is 11.7. The molecule has 0 aromatic heterocycles. The van der Waals surface area contributed by atoms with E-state index in [2.05, 4.69) is 18.7 Å². The van der Waals surface area contributed by atoms with Gasteiger partial charge in [-0.1, -0.05) is 74.5 Å². The van der Waals surface area contributed by atoms with Gasteiger partial charge < -0.3 is 10.0 Å². The van der Waals surface area contributed by atoms with Crippen LogP contribution in [0.5, 0.6) is 0 Å². The van der Waals surface area contributed by atoms with Crippen LogP contribution in [0.25, 0.3) is 0 Å². The summed E-state index contributed by atoms with van der Waals surface area (Å²) >= 11 is 0. The molecule has 1 N–H and O–H groups in total. The maximum atomic E-state index is 13.0. The summed E-state index contributed by atoms with van der Waals surface area (Å²) in [6.45, 7) is 7.07. The molecule has 0 bridgehead atoms. The fraction of sp³-hybridized carbons (Fsp3) is 0.381. The lowest BCUT2D eigenvalue weighted by atomic mass is 9.81. The summed E-state index contributed by atoms with van der Waals surface area (Å²) in [4.78, 5) is 15.2. The number of ketones is 1. The number of nitrogens with zero attached hydrogens (tertiary/aromatic N) is 1. The van der Waals surface area contributed by atoms with Gasteiger partial charge in [-0.2, -0.15) is 0 Å². The third-order valence-electron chi connectivity index (χ3n) is 4.56. The molecular weight excluding hydrogens is 298 g/mol. The monoisotopic (exact) mass is 325 g/mol. The Hall–Kier alpha value is -1.97. The van der Waals surface area contributed by atoms with Crippen LogP contribution in [0, 0.1) is 0 Å². The highest BCUT2D eigenvalue weighted by Crippen LogP contribution is 2.32. The number of rotatable bonds is 9. The Morgan fingerprint density at radius 1 is 0.917 bits per heavy atom. The van der Waals surface area contributed by atoms with Gasteiger partial charge in [0.25, 0.3) is 0 Å². The van der Waals surface area contributed by atoms with Gasteiger partial charge in [-0.05, 0) is 37.2 Å². The van der Waals surface area contributed by atoms with Crippen LogP contribution < -0.4 is 0 Å². The number of hydrogen-bond acceptors (Lipinski definition) is 3. The van der Waals surface area contributed by atoms with E-state index in [1.165, 1.54) is 0 Å². The van der Waals surface area contributed by atoms with Crippen molar-refractivity contribution in [3.05, 3.63) is 71.8 Å². The zero-order valence-corrected chi connectivity index (χ0v) is 14.6. The van der Waals surface area contributed by atoms with Crippen molar-refractivity contribution in [2.24, 2.45) is 0 Å². The fourth-order valence-corrected chi connectivity index (χ4v) is 3.03. The van der Waals surface area contributed by atoms with E-state index in [4.69, 9.17) is 0 Å². The second-order valence-electron chi connectivity index (χ2n) is 6.00. The van der Waals surface area contributed by atoms with Crippen molar-refractivity contribution in [2.45, 2.75) is 32.3 Å². The highest BCUT2D eigenvalue weighted by atomic mass is 16.3. The molecular formula is C21H27NO2. The molecule has 2 rings (SSSR count). The average Bonchev–Trinajstić information content (AvgIpc) is 2.65. The smallest absolute Gasteiger partial charge is 0.173 e.